The average molecular weight is 396 g/mol. The summed E-state index contributed by atoms with van der Waals surface area (Å²) >= 11 is 0. The summed E-state index contributed by atoms with van der Waals surface area (Å²) in [7, 11) is -2.18. The summed E-state index contributed by atoms with van der Waals surface area (Å²) in [5.41, 5.74) is -0.476. The minimum atomic E-state index is -3.66. The van der Waals surface area contributed by atoms with Crippen LogP contribution in [0.3, 0.4) is 0 Å². The zero-order valence-corrected chi connectivity index (χ0v) is 16.0. The molecule has 1 heterocycles. The van der Waals surface area contributed by atoms with Gasteiger partial charge in [-0.25, -0.2) is 13.1 Å². The van der Waals surface area contributed by atoms with Crippen molar-refractivity contribution in [2.75, 3.05) is 33.4 Å². The van der Waals surface area contributed by atoms with Gasteiger partial charge in [0.05, 0.1) is 16.9 Å². The van der Waals surface area contributed by atoms with Crippen LogP contribution in [0.2, 0.25) is 0 Å². The topological polar surface area (TPSA) is 113 Å². The molecule has 2 atom stereocenters. The van der Waals surface area contributed by atoms with Gasteiger partial charge < -0.3 is 14.7 Å². The predicted octanol–water partition coefficient (Wildman–Crippen LogP) is 0.938. The van der Waals surface area contributed by atoms with E-state index in [-0.39, 0.29) is 36.4 Å². The van der Waals surface area contributed by atoms with Crippen LogP contribution < -0.4 is 4.72 Å². The number of fused-ring (bicyclic) bond motifs is 1. The lowest BCUT2D eigenvalue weighted by molar-refractivity contribution is -0.149. The number of amides is 1. The van der Waals surface area contributed by atoms with Gasteiger partial charge in [0.25, 0.3) is 5.91 Å². The monoisotopic (exact) mass is 396 g/mol. The molecule has 1 amide bonds. The molecule has 0 spiro atoms. The van der Waals surface area contributed by atoms with Crippen LogP contribution in [0.4, 0.5) is 0 Å². The van der Waals surface area contributed by atoms with E-state index in [0.29, 0.717) is 18.5 Å². The third-order valence-electron chi connectivity index (χ3n) is 5.59. The minimum Gasteiger partial charge on any atom is -0.481 e. The summed E-state index contributed by atoms with van der Waals surface area (Å²) in [6.07, 6.45) is 2.29. The fourth-order valence-corrected chi connectivity index (χ4v) is 5.13. The second kappa shape index (κ2) is 7.57. The van der Waals surface area contributed by atoms with Gasteiger partial charge in [-0.15, -0.1) is 0 Å². The molecule has 2 aliphatic rings. The molecule has 0 aromatic heterocycles. The largest absolute Gasteiger partial charge is 0.481 e. The lowest BCUT2D eigenvalue weighted by Gasteiger charge is -2.23. The molecule has 1 aromatic carbocycles. The maximum Gasteiger partial charge on any atom is 0.311 e. The van der Waals surface area contributed by atoms with Gasteiger partial charge in [-0.3, -0.25) is 9.59 Å². The van der Waals surface area contributed by atoms with Gasteiger partial charge in [-0.05, 0) is 43.0 Å². The van der Waals surface area contributed by atoms with Crippen molar-refractivity contribution in [3.8, 4) is 0 Å². The quantitative estimate of drug-likeness (QED) is 0.663. The first-order chi connectivity index (χ1) is 12.8. The van der Waals surface area contributed by atoms with E-state index in [1.165, 1.54) is 31.4 Å². The van der Waals surface area contributed by atoms with Crippen LogP contribution in [0.25, 0.3) is 0 Å². The van der Waals surface area contributed by atoms with Gasteiger partial charge in [0.15, 0.2) is 0 Å². The van der Waals surface area contributed by atoms with Crippen molar-refractivity contribution in [3.63, 3.8) is 0 Å². The van der Waals surface area contributed by atoms with E-state index in [9.17, 15) is 23.1 Å². The highest BCUT2D eigenvalue weighted by molar-refractivity contribution is 7.89. The Morgan fingerprint density at radius 2 is 2.04 bits per heavy atom. The van der Waals surface area contributed by atoms with Crippen molar-refractivity contribution in [2.45, 2.75) is 24.2 Å². The molecule has 0 radical (unpaired) electrons. The number of hydrogen-bond acceptors (Lipinski definition) is 5. The molecule has 2 N–H and O–H groups in total. The Balaban J connectivity index is 1.71. The summed E-state index contributed by atoms with van der Waals surface area (Å²) in [5, 5.41) is 9.64. The highest BCUT2D eigenvalue weighted by Gasteiger charge is 2.55. The van der Waals surface area contributed by atoms with Gasteiger partial charge >= 0.3 is 5.97 Å². The smallest absolute Gasteiger partial charge is 0.311 e. The van der Waals surface area contributed by atoms with Gasteiger partial charge in [0.1, 0.15) is 0 Å². The van der Waals surface area contributed by atoms with Crippen LogP contribution in [-0.4, -0.2) is 63.7 Å². The SMILES string of the molecule is COCCNS(=O)(=O)c1ccc(C(=O)N2C[C@@H]3CCC[C@@]3(C(=O)O)C2)cc1. The Labute approximate surface area is 158 Å². The van der Waals surface area contributed by atoms with Crippen LogP contribution in [0.5, 0.6) is 0 Å². The van der Waals surface area contributed by atoms with Crippen LogP contribution in [0, 0.1) is 11.3 Å². The van der Waals surface area contributed by atoms with E-state index in [4.69, 9.17) is 4.74 Å². The number of carbonyl (C=O) groups excluding carboxylic acids is 1. The normalized spacial score (nSPS) is 24.8. The summed E-state index contributed by atoms with van der Waals surface area (Å²) < 4.78 is 31.6. The van der Waals surface area contributed by atoms with Gasteiger partial charge in [0.2, 0.25) is 10.0 Å². The van der Waals surface area contributed by atoms with E-state index in [1.54, 1.807) is 4.90 Å². The number of nitrogens with zero attached hydrogens (tertiary/aromatic N) is 1. The Bertz CT molecular complexity index is 823. The molecule has 1 aliphatic heterocycles. The van der Waals surface area contributed by atoms with Crippen molar-refractivity contribution in [1.82, 2.24) is 9.62 Å². The number of likely N-dealkylation sites (tertiary alicyclic amines) is 1. The Hall–Kier alpha value is -1.97. The summed E-state index contributed by atoms with van der Waals surface area (Å²) in [4.78, 5) is 26.2. The van der Waals surface area contributed by atoms with E-state index >= 15 is 0 Å². The molecule has 9 heteroatoms. The highest BCUT2D eigenvalue weighted by Crippen LogP contribution is 2.49. The number of carbonyl (C=O) groups is 2. The van der Waals surface area contributed by atoms with Gasteiger partial charge in [0, 0.05) is 32.3 Å². The number of benzene rings is 1. The van der Waals surface area contributed by atoms with Crippen molar-refractivity contribution >= 4 is 21.9 Å². The van der Waals surface area contributed by atoms with Gasteiger partial charge in [-0.2, -0.15) is 0 Å². The van der Waals surface area contributed by atoms with Crippen molar-refractivity contribution in [2.24, 2.45) is 11.3 Å². The molecule has 148 valence electrons. The first kappa shape index (κ1) is 19.8. The number of carboxylic acids is 1. The summed E-state index contributed by atoms with van der Waals surface area (Å²) in [6.45, 7) is 1.07. The maximum atomic E-state index is 12.8. The molecule has 1 saturated carbocycles. The molecule has 2 fully saturated rings. The first-order valence-corrected chi connectivity index (χ1v) is 10.4. The number of ether oxygens (including phenoxy) is 1. The number of sulfonamides is 1. The summed E-state index contributed by atoms with van der Waals surface area (Å²) in [6, 6.07) is 5.70. The maximum absolute atomic E-state index is 12.8. The Kier molecular flexibility index (Phi) is 5.55. The van der Waals surface area contributed by atoms with Crippen LogP contribution in [0.15, 0.2) is 29.2 Å². The number of rotatable bonds is 7. The fraction of sp³-hybridized carbons (Fsp3) is 0.556. The predicted molar refractivity (Wildman–Crippen MR) is 96.8 cm³/mol. The first-order valence-electron chi connectivity index (χ1n) is 8.91. The molecule has 1 aromatic rings. The molecule has 8 nitrogen and oxygen atoms in total. The number of carboxylic acid groups (broad SMARTS) is 1. The lowest BCUT2D eigenvalue weighted by atomic mass is 9.81. The van der Waals surface area contributed by atoms with E-state index in [0.717, 1.165) is 12.8 Å². The zero-order chi connectivity index (χ0) is 19.7. The molecule has 27 heavy (non-hydrogen) atoms. The molecule has 1 saturated heterocycles. The second-order valence-corrected chi connectivity index (χ2v) is 8.92. The van der Waals surface area contributed by atoms with E-state index < -0.39 is 21.4 Å². The molecular formula is C18H24N2O6S. The van der Waals surface area contributed by atoms with Crippen molar-refractivity contribution in [1.29, 1.82) is 0 Å². The minimum absolute atomic E-state index is 0.0106. The highest BCUT2D eigenvalue weighted by atomic mass is 32.2. The molecule has 0 bridgehead atoms. The average Bonchev–Trinajstić information content (AvgIpc) is 3.20. The Morgan fingerprint density at radius 1 is 1.33 bits per heavy atom. The lowest BCUT2D eigenvalue weighted by Crippen LogP contribution is -2.37. The van der Waals surface area contributed by atoms with E-state index in [1.807, 2.05) is 0 Å². The van der Waals surface area contributed by atoms with Crippen LogP contribution >= 0.6 is 0 Å². The standard InChI is InChI=1S/C18H24N2O6S/c1-26-10-9-19-27(24,25)15-6-4-13(5-7-15)16(21)20-11-14-3-2-8-18(14,12-20)17(22)23/h4-7,14,19H,2-3,8-12H2,1H3,(H,22,23)/t14-,18+/m0/s1. The molecule has 0 unspecified atom stereocenters. The second-order valence-electron chi connectivity index (χ2n) is 7.15. The summed E-state index contributed by atoms with van der Waals surface area (Å²) in [5.74, 6) is -1.10. The number of methoxy groups -OCH3 is 1. The van der Waals surface area contributed by atoms with Crippen molar-refractivity contribution in [3.05, 3.63) is 29.8 Å². The fourth-order valence-electron chi connectivity index (χ4n) is 4.11. The number of hydrogen-bond donors (Lipinski definition) is 2. The van der Waals surface area contributed by atoms with Crippen LogP contribution in [0.1, 0.15) is 29.6 Å². The zero-order valence-electron chi connectivity index (χ0n) is 15.2. The van der Waals surface area contributed by atoms with Crippen LogP contribution in [-0.2, 0) is 19.6 Å². The third-order valence-corrected chi connectivity index (χ3v) is 7.07. The van der Waals surface area contributed by atoms with Gasteiger partial charge in [-0.1, -0.05) is 6.42 Å². The van der Waals surface area contributed by atoms with Crippen molar-refractivity contribution < 1.29 is 27.9 Å². The molecule has 1 aliphatic carbocycles. The third kappa shape index (κ3) is 3.71. The number of nitrogens with one attached hydrogen (secondary N) is 1. The number of aliphatic carboxylic acids is 1. The van der Waals surface area contributed by atoms with E-state index in [2.05, 4.69) is 4.72 Å². The molecular weight excluding hydrogens is 372 g/mol. The molecule has 3 rings (SSSR count). The Morgan fingerprint density at radius 3 is 2.63 bits per heavy atom.